The predicted molar refractivity (Wildman–Crippen MR) is 87.6 cm³/mol. The zero-order chi connectivity index (χ0) is 18.0. The van der Waals surface area contributed by atoms with E-state index in [0.717, 1.165) is 5.56 Å². The number of aromatic amines is 1. The first-order valence-corrected chi connectivity index (χ1v) is 7.46. The monoisotopic (exact) mass is 341 g/mol. The molecule has 1 atom stereocenters. The summed E-state index contributed by atoms with van der Waals surface area (Å²) >= 11 is 0. The average molecular weight is 341 g/mol. The molecule has 3 rings (SSSR count). The van der Waals surface area contributed by atoms with Gasteiger partial charge in [0.15, 0.2) is 0 Å². The molecule has 0 spiro atoms. The molecule has 1 aromatic carbocycles. The second-order valence-corrected chi connectivity index (χ2v) is 5.47. The fourth-order valence-electron chi connectivity index (χ4n) is 2.65. The highest BCUT2D eigenvalue weighted by Gasteiger charge is 2.26. The van der Waals surface area contributed by atoms with Gasteiger partial charge in [-0.15, -0.1) is 0 Å². The summed E-state index contributed by atoms with van der Waals surface area (Å²) in [7, 11) is 1.20. The van der Waals surface area contributed by atoms with Crippen molar-refractivity contribution in [2.45, 2.75) is 12.5 Å². The zero-order valence-electron chi connectivity index (χ0n) is 13.3. The molecule has 2 aliphatic rings. The number of fused-ring (bicyclic) bond motifs is 1. The smallest absolute Gasteiger partial charge is 0.341 e. The van der Waals surface area contributed by atoms with Gasteiger partial charge < -0.3 is 14.4 Å². The molecule has 0 amide bonds. The molecule has 8 heteroatoms. The van der Waals surface area contributed by atoms with E-state index >= 15 is 0 Å². The van der Waals surface area contributed by atoms with Gasteiger partial charge in [-0.1, -0.05) is 30.3 Å². The second kappa shape index (κ2) is 6.60. The third kappa shape index (κ3) is 3.14. The molecule has 2 heterocycles. The highest BCUT2D eigenvalue weighted by molar-refractivity contribution is 5.96. The summed E-state index contributed by atoms with van der Waals surface area (Å²) < 4.78 is 6.05. The molecule has 0 unspecified atom stereocenters. The van der Waals surface area contributed by atoms with E-state index in [4.69, 9.17) is 4.74 Å². The van der Waals surface area contributed by atoms with Crippen LogP contribution >= 0.6 is 0 Å². The van der Waals surface area contributed by atoms with Gasteiger partial charge in [0.1, 0.15) is 17.3 Å². The summed E-state index contributed by atoms with van der Waals surface area (Å²) in [4.78, 5) is 35.7. The van der Waals surface area contributed by atoms with Gasteiger partial charge in [-0.3, -0.25) is 4.79 Å². The molecule has 25 heavy (non-hydrogen) atoms. The zero-order valence-corrected chi connectivity index (χ0v) is 13.3. The van der Waals surface area contributed by atoms with Crippen LogP contribution in [0, 0.1) is 0 Å². The SMILES string of the molecule is COC(=O)c1cn([C@H](Cc2ccccc2)C(=O)O)cc2c(=O)[nH]nc1-2. The van der Waals surface area contributed by atoms with Gasteiger partial charge in [-0.2, -0.15) is 5.10 Å². The molecule has 1 aromatic rings. The third-order valence-corrected chi connectivity index (χ3v) is 3.90. The number of carbonyl (C=O) groups excluding carboxylic acids is 1. The van der Waals surface area contributed by atoms with E-state index < -0.39 is 23.5 Å². The lowest BCUT2D eigenvalue weighted by molar-refractivity contribution is -0.140. The number of aliphatic carboxylic acids is 1. The first-order chi connectivity index (χ1) is 12.0. The largest absolute Gasteiger partial charge is 0.480 e. The second-order valence-electron chi connectivity index (χ2n) is 5.47. The normalized spacial score (nSPS) is 12.0. The fourth-order valence-corrected chi connectivity index (χ4v) is 2.65. The Balaban J connectivity index is 2.12. The Bertz CT molecular complexity index is 945. The molecule has 128 valence electrons. The number of H-pyrrole nitrogens is 1. The van der Waals surface area contributed by atoms with Crippen LogP contribution in [0.1, 0.15) is 22.0 Å². The lowest BCUT2D eigenvalue weighted by atomic mass is 10.0. The van der Waals surface area contributed by atoms with Crippen molar-refractivity contribution >= 4 is 11.9 Å². The number of nitrogens with zero attached hydrogens (tertiary/aromatic N) is 2. The Morgan fingerprint density at radius 1 is 1.28 bits per heavy atom. The van der Waals surface area contributed by atoms with Crippen molar-refractivity contribution in [3.63, 3.8) is 0 Å². The van der Waals surface area contributed by atoms with Crippen molar-refractivity contribution in [3.05, 3.63) is 64.2 Å². The summed E-state index contributed by atoms with van der Waals surface area (Å²) in [6.45, 7) is 0. The Morgan fingerprint density at radius 3 is 2.64 bits per heavy atom. The van der Waals surface area contributed by atoms with E-state index in [9.17, 15) is 19.5 Å². The van der Waals surface area contributed by atoms with Gasteiger partial charge in [0.2, 0.25) is 0 Å². The molecule has 0 fully saturated rings. The quantitative estimate of drug-likeness (QED) is 0.677. The number of hydrogen-bond donors (Lipinski definition) is 2. The number of aromatic nitrogens is 3. The van der Waals surface area contributed by atoms with Crippen molar-refractivity contribution in [3.8, 4) is 11.3 Å². The van der Waals surface area contributed by atoms with Crippen molar-refractivity contribution in [2.24, 2.45) is 0 Å². The van der Waals surface area contributed by atoms with Crippen LogP contribution in [0.5, 0.6) is 0 Å². The minimum atomic E-state index is -1.08. The van der Waals surface area contributed by atoms with Gasteiger partial charge in [0.05, 0.1) is 12.7 Å². The topological polar surface area (TPSA) is 114 Å². The van der Waals surface area contributed by atoms with Crippen molar-refractivity contribution in [2.75, 3.05) is 7.11 Å². The number of carboxylic acid groups (broad SMARTS) is 1. The molecule has 0 radical (unpaired) electrons. The van der Waals surface area contributed by atoms with Crippen LogP contribution in [0.25, 0.3) is 11.3 Å². The van der Waals surface area contributed by atoms with Crippen LogP contribution < -0.4 is 5.56 Å². The number of nitrogens with one attached hydrogen (secondary N) is 1. The van der Waals surface area contributed by atoms with Gasteiger partial charge in [0, 0.05) is 18.8 Å². The van der Waals surface area contributed by atoms with Crippen molar-refractivity contribution in [1.82, 2.24) is 14.8 Å². The summed E-state index contributed by atoms with van der Waals surface area (Å²) in [5.74, 6) is -1.78. The van der Waals surface area contributed by atoms with Gasteiger partial charge in [-0.25, -0.2) is 14.7 Å². The molecule has 0 aliphatic carbocycles. The maximum Gasteiger partial charge on any atom is 0.341 e. The highest BCUT2D eigenvalue weighted by Crippen LogP contribution is 2.24. The Morgan fingerprint density at radius 2 is 2.00 bits per heavy atom. The molecule has 0 saturated carbocycles. The highest BCUT2D eigenvalue weighted by atomic mass is 16.5. The predicted octanol–water partition coefficient (Wildman–Crippen LogP) is 1.33. The number of carbonyl (C=O) groups is 2. The summed E-state index contributed by atoms with van der Waals surface area (Å²) in [6, 6.07) is 8.09. The Labute approximate surface area is 142 Å². The number of hydrogen-bond acceptors (Lipinski definition) is 5. The van der Waals surface area contributed by atoms with Crippen LogP contribution in [0.4, 0.5) is 0 Å². The van der Waals surface area contributed by atoms with E-state index in [1.54, 1.807) is 0 Å². The van der Waals surface area contributed by atoms with Crippen LogP contribution in [-0.4, -0.2) is 38.9 Å². The minimum Gasteiger partial charge on any atom is -0.480 e. The Kier molecular flexibility index (Phi) is 4.34. The lowest BCUT2D eigenvalue weighted by Crippen LogP contribution is -2.23. The maximum absolute atomic E-state index is 12.0. The van der Waals surface area contributed by atoms with Crippen LogP contribution in [0.15, 0.2) is 47.5 Å². The number of ether oxygens (including phenoxy) is 1. The lowest BCUT2D eigenvalue weighted by Gasteiger charge is -2.19. The number of esters is 1. The van der Waals surface area contributed by atoms with Gasteiger partial charge >= 0.3 is 11.9 Å². The number of methoxy groups -OCH3 is 1. The van der Waals surface area contributed by atoms with E-state index in [1.807, 2.05) is 30.3 Å². The van der Waals surface area contributed by atoms with E-state index in [-0.39, 0.29) is 23.2 Å². The van der Waals surface area contributed by atoms with Crippen LogP contribution in [0.2, 0.25) is 0 Å². The number of rotatable bonds is 5. The number of carboxylic acids is 1. The molecule has 0 aromatic heterocycles. The van der Waals surface area contributed by atoms with Crippen LogP contribution in [0.3, 0.4) is 0 Å². The first-order valence-electron chi connectivity index (χ1n) is 7.46. The Hall–Kier alpha value is -3.42. The maximum atomic E-state index is 12.0. The third-order valence-electron chi connectivity index (χ3n) is 3.90. The molecule has 8 nitrogen and oxygen atoms in total. The average Bonchev–Trinajstić information content (AvgIpc) is 3.00. The minimum absolute atomic E-state index is 0.0256. The van der Waals surface area contributed by atoms with Crippen LogP contribution in [-0.2, 0) is 16.0 Å². The number of pyridine rings is 1. The summed E-state index contributed by atoms with van der Waals surface area (Å²) in [5.41, 5.74) is 0.617. The number of benzene rings is 1. The summed E-state index contributed by atoms with van der Waals surface area (Å²) in [5, 5.41) is 15.7. The molecular weight excluding hydrogens is 326 g/mol. The molecule has 0 saturated heterocycles. The van der Waals surface area contributed by atoms with Gasteiger partial charge in [-0.05, 0) is 5.56 Å². The van der Waals surface area contributed by atoms with E-state index in [1.165, 1.54) is 24.1 Å². The van der Waals surface area contributed by atoms with Crippen molar-refractivity contribution in [1.29, 1.82) is 0 Å². The molecule has 0 bridgehead atoms. The van der Waals surface area contributed by atoms with E-state index in [2.05, 4.69) is 10.2 Å². The summed E-state index contributed by atoms with van der Waals surface area (Å²) in [6.07, 6.45) is 2.92. The van der Waals surface area contributed by atoms with E-state index in [0.29, 0.717) is 0 Å². The molecule has 2 aliphatic heterocycles. The fraction of sp³-hybridized carbons (Fsp3) is 0.176. The van der Waals surface area contributed by atoms with Gasteiger partial charge in [0.25, 0.3) is 5.56 Å². The first kappa shape index (κ1) is 16.4. The van der Waals surface area contributed by atoms with Crippen molar-refractivity contribution < 1.29 is 19.4 Å². The molecule has 2 N–H and O–H groups in total. The standard InChI is InChI=1S/C17H15N3O5/c1-25-17(24)12-9-20(8-11-14(12)18-19-15(11)21)13(16(22)23)7-10-5-3-2-4-6-10/h2-6,8-9,13H,7H2,1H3,(H,19,21)(H,22,23)/t13-/m1/s1. The molecular formula is C17H15N3O5.